The van der Waals surface area contributed by atoms with E-state index >= 15 is 0 Å². The Morgan fingerprint density at radius 2 is 2.05 bits per heavy atom. The molecule has 21 heavy (non-hydrogen) atoms. The summed E-state index contributed by atoms with van der Waals surface area (Å²) in [5.41, 5.74) is 1.15. The third kappa shape index (κ3) is 3.58. The van der Waals surface area contributed by atoms with Crippen molar-refractivity contribution in [2.75, 3.05) is 18.6 Å². The van der Waals surface area contributed by atoms with E-state index in [-0.39, 0.29) is 0 Å². The Morgan fingerprint density at radius 1 is 1.24 bits per heavy atom. The van der Waals surface area contributed by atoms with Crippen LogP contribution in [-0.2, 0) is 17.9 Å². The maximum Gasteiger partial charge on any atom is 0.186 e. The highest BCUT2D eigenvalue weighted by Gasteiger charge is 2.35. The number of rotatable bonds is 9. The van der Waals surface area contributed by atoms with Gasteiger partial charge in [0, 0.05) is 37.2 Å². The van der Waals surface area contributed by atoms with Gasteiger partial charge in [0.2, 0.25) is 0 Å². The molecule has 0 saturated heterocycles. The lowest BCUT2D eigenvalue weighted by atomic mass is 10.3. The quantitative estimate of drug-likeness (QED) is 0.761. The third-order valence-corrected chi connectivity index (χ3v) is 5.70. The minimum atomic E-state index is 0.639. The molecule has 1 N–H and O–H groups in total. The first-order chi connectivity index (χ1) is 10.3. The number of aromatic nitrogens is 1. The van der Waals surface area contributed by atoms with Crippen LogP contribution in [0, 0.1) is 5.92 Å². The van der Waals surface area contributed by atoms with Gasteiger partial charge in [-0.15, -0.1) is 11.3 Å². The third-order valence-electron chi connectivity index (χ3n) is 4.56. The maximum absolute atomic E-state index is 5.35. The molecule has 0 aromatic carbocycles. The van der Waals surface area contributed by atoms with Gasteiger partial charge >= 0.3 is 0 Å². The van der Waals surface area contributed by atoms with E-state index in [1.807, 2.05) is 11.3 Å². The highest BCUT2D eigenvalue weighted by molar-refractivity contribution is 7.15. The number of methoxy groups -OCH3 is 1. The van der Waals surface area contributed by atoms with Crippen molar-refractivity contribution in [3.8, 4) is 0 Å². The summed E-state index contributed by atoms with van der Waals surface area (Å²) in [6.07, 6.45) is 8.19. The van der Waals surface area contributed by atoms with Gasteiger partial charge in [0.15, 0.2) is 5.13 Å². The van der Waals surface area contributed by atoms with Gasteiger partial charge in [-0.05, 0) is 44.4 Å². The van der Waals surface area contributed by atoms with Crippen molar-refractivity contribution < 1.29 is 4.74 Å². The summed E-state index contributed by atoms with van der Waals surface area (Å²) in [4.78, 5) is 8.88. The fraction of sp³-hybridized carbons (Fsp3) is 0.812. The van der Waals surface area contributed by atoms with Crippen molar-refractivity contribution in [3.05, 3.63) is 10.6 Å². The van der Waals surface area contributed by atoms with Crippen LogP contribution >= 0.6 is 11.3 Å². The molecule has 3 saturated carbocycles. The Labute approximate surface area is 130 Å². The summed E-state index contributed by atoms with van der Waals surface area (Å²) in [5, 5.41) is 4.86. The van der Waals surface area contributed by atoms with Gasteiger partial charge in [-0.25, -0.2) is 4.98 Å². The van der Waals surface area contributed by atoms with E-state index in [9.17, 15) is 0 Å². The van der Waals surface area contributed by atoms with Crippen LogP contribution in [0.3, 0.4) is 0 Å². The lowest BCUT2D eigenvalue weighted by molar-refractivity contribution is 0.181. The Hall–Kier alpha value is -0.650. The number of ether oxygens (including phenoxy) is 1. The monoisotopic (exact) mass is 307 g/mol. The molecule has 0 atom stereocenters. The molecule has 1 aromatic heterocycles. The van der Waals surface area contributed by atoms with Gasteiger partial charge in [0.1, 0.15) is 0 Å². The standard InChI is InChI=1S/C16H25N3OS/c1-20-10-14-15(8-17-12-4-5-12)21-16(18-14)19(13-6-7-13)9-11-2-3-11/h11-13,17H,2-10H2,1H3. The normalized spacial score (nSPS) is 21.8. The minimum absolute atomic E-state index is 0.639. The number of hydrogen-bond acceptors (Lipinski definition) is 5. The van der Waals surface area contributed by atoms with Gasteiger partial charge < -0.3 is 15.0 Å². The number of nitrogens with one attached hydrogen (secondary N) is 1. The second-order valence-corrected chi connectivity index (χ2v) is 7.84. The molecule has 0 radical (unpaired) electrons. The van der Waals surface area contributed by atoms with Crippen LogP contribution in [0.25, 0.3) is 0 Å². The number of hydrogen-bond donors (Lipinski definition) is 1. The summed E-state index contributed by atoms with van der Waals surface area (Å²) in [6, 6.07) is 1.51. The average molecular weight is 307 g/mol. The fourth-order valence-corrected chi connectivity index (χ4v) is 3.85. The summed E-state index contributed by atoms with van der Waals surface area (Å²) in [5.74, 6) is 0.924. The van der Waals surface area contributed by atoms with E-state index < -0.39 is 0 Å². The zero-order valence-electron chi connectivity index (χ0n) is 12.8. The molecule has 5 heteroatoms. The highest BCUT2D eigenvalue weighted by atomic mass is 32.1. The first kappa shape index (κ1) is 14.0. The average Bonchev–Trinajstić information content (AvgIpc) is 3.34. The Morgan fingerprint density at radius 3 is 2.67 bits per heavy atom. The molecule has 0 unspecified atom stereocenters. The van der Waals surface area contributed by atoms with Crippen LogP contribution in [0.15, 0.2) is 0 Å². The second kappa shape index (κ2) is 5.86. The molecule has 116 valence electrons. The van der Waals surface area contributed by atoms with Gasteiger partial charge in [-0.2, -0.15) is 0 Å². The van der Waals surface area contributed by atoms with E-state index in [4.69, 9.17) is 9.72 Å². The van der Waals surface area contributed by atoms with Crippen LogP contribution in [0.5, 0.6) is 0 Å². The molecule has 0 aliphatic heterocycles. The molecule has 0 bridgehead atoms. The van der Waals surface area contributed by atoms with E-state index in [1.54, 1.807) is 7.11 Å². The molecule has 0 amide bonds. The molecule has 1 aromatic rings. The summed E-state index contributed by atoms with van der Waals surface area (Å²) in [7, 11) is 1.76. The Kier molecular flexibility index (Phi) is 3.90. The van der Waals surface area contributed by atoms with E-state index in [2.05, 4.69) is 10.2 Å². The van der Waals surface area contributed by atoms with Crippen LogP contribution in [0.4, 0.5) is 5.13 Å². The van der Waals surface area contributed by atoms with E-state index in [0.29, 0.717) is 6.61 Å². The largest absolute Gasteiger partial charge is 0.378 e. The predicted molar refractivity (Wildman–Crippen MR) is 85.8 cm³/mol. The van der Waals surface area contributed by atoms with Crippen LogP contribution in [0.1, 0.15) is 49.1 Å². The molecule has 0 spiro atoms. The summed E-state index contributed by atoms with van der Waals surface area (Å²) < 4.78 is 5.35. The fourth-order valence-electron chi connectivity index (χ4n) is 2.75. The molecule has 4 nitrogen and oxygen atoms in total. The number of anilines is 1. The first-order valence-corrected chi connectivity index (χ1v) is 9.12. The van der Waals surface area contributed by atoms with Crippen molar-refractivity contribution in [2.24, 2.45) is 5.92 Å². The summed E-state index contributed by atoms with van der Waals surface area (Å²) >= 11 is 1.89. The van der Waals surface area contributed by atoms with Crippen molar-refractivity contribution in [1.29, 1.82) is 0 Å². The van der Waals surface area contributed by atoms with Gasteiger partial charge in [-0.1, -0.05) is 0 Å². The molecule has 3 fully saturated rings. The van der Waals surface area contributed by atoms with Crippen molar-refractivity contribution in [1.82, 2.24) is 10.3 Å². The maximum atomic E-state index is 5.35. The van der Waals surface area contributed by atoms with Crippen LogP contribution in [0.2, 0.25) is 0 Å². The molecular formula is C16H25N3OS. The van der Waals surface area contributed by atoms with E-state index in [1.165, 1.54) is 55.1 Å². The van der Waals surface area contributed by atoms with Crippen LogP contribution < -0.4 is 10.2 Å². The second-order valence-electron chi connectivity index (χ2n) is 6.78. The lowest BCUT2D eigenvalue weighted by Crippen LogP contribution is -2.27. The highest BCUT2D eigenvalue weighted by Crippen LogP contribution is 2.40. The molecule has 3 aliphatic rings. The van der Waals surface area contributed by atoms with E-state index in [0.717, 1.165) is 30.2 Å². The molecule has 4 rings (SSSR count). The smallest absolute Gasteiger partial charge is 0.186 e. The van der Waals surface area contributed by atoms with Gasteiger partial charge in [0.05, 0.1) is 12.3 Å². The minimum Gasteiger partial charge on any atom is -0.378 e. The van der Waals surface area contributed by atoms with Gasteiger partial charge in [-0.3, -0.25) is 0 Å². The Balaban J connectivity index is 1.49. The molecule has 1 heterocycles. The SMILES string of the molecule is COCc1nc(N(CC2CC2)C2CC2)sc1CNC1CC1. The van der Waals surface area contributed by atoms with Crippen molar-refractivity contribution in [2.45, 2.75) is 63.8 Å². The predicted octanol–water partition coefficient (Wildman–Crippen LogP) is 2.92. The van der Waals surface area contributed by atoms with Gasteiger partial charge in [0.25, 0.3) is 0 Å². The van der Waals surface area contributed by atoms with Crippen molar-refractivity contribution >= 4 is 16.5 Å². The van der Waals surface area contributed by atoms with Crippen molar-refractivity contribution in [3.63, 3.8) is 0 Å². The zero-order valence-corrected chi connectivity index (χ0v) is 13.6. The number of thiazole rings is 1. The molecule has 3 aliphatic carbocycles. The Bertz CT molecular complexity index is 492. The summed E-state index contributed by atoms with van der Waals surface area (Å²) in [6.45, 7) is 2.82. The number of nitrogens with zero attached hydrogens (tertiary/aromatic N) is 2. The molecular weight excluding hydrogens is 282 g/mol. The van der Waals surface area contributed by atoms with Crippen LogP contribution in [-0.4, -0.2) is 30.7 Å². The first-order valence-electron chi connectivity index (χ1n) is 8.31. The lowest BCUT2D eigenvalue weighted by Gasteiger charge is -2.21. The zero-order chi connectivity index (χ0) is 14.2. The topological polar surface area (TPSA) is 37.4 Å².